The number of ether oxygens (including phenoxy) is 1. The molecule has 130 valence electrons. The number of pyridine rings is 1. The molecule has 0 bridgehead atoms. The fourth-order valence-corrected chi connectivity index (χ4v) is 3.69. The Morgan fingerprint density at radius 1 is 1.32 bits per heavy atom. The first-order valence-corrected chi connectivity index (χ1v) is 8.56. The number of rotatable bonds is 3. The first kappa shape index (κ1) is 16.2. The zero-order valence-electron chi connectivity index (χ0n) is 13.8. The number of nitrogens with zero attached hydrogens (tertiary/aromatic N) is 2. The molecule has 5 nitrogen and oxygen atoms in total. The normalized spacial score (nSPS) is 22.7. The first-order chi connectivity index (χ1) is 12.2. The highest BCUT2D eigenvalue weighted by molar-refractivity contribution is 6.07. The first-order valence-electron chi connectivity index (χ1n) is 8.56. The second kappa shape index (κ2) is 6.90. The zero-order valence-corrected chi connectivity index (χ0v) is 13.8. The molecule has 4 rings (SSSR count). The van der Waals surface area contributed by atoms with Gasteiger partial charge in [-0.15, -0.1) is 0 Å². The van der Waals surface area contributed by atoms with Crippen LogP contribution in [0.1, 0.15) is 28.3 Å². The molecule has 2 unspecified atom stereocenters. The molecule has 3 heterocycles. The van der Waals surface area contributed by atoms with Gasteiger partial charge in [-0.25, -0.2) is 4.98 Å². The molecule has 0 radical (unpaired) electrons. The number of hydrogen-bond donors (Lipinski definition) is 1. The summed E-state index contributed by atoms with van der Waals surface area (Å²) in [5.41, 5.74) is 2.00. The third kappa shape index (κ3) is 3.15. The highest BCUT2D eigenvalue weighted by Gasteiger charge is 2.35. The van der Waals surface area contributed by atoms with Gasteiger partial charge in [-0.3, -0.25) is 4.79 Å². The van der Waals surface area contributed by atoms with E-state index < -0.39 is 5.95 Å². The van der Waals surface area contributed by atoms with Gasteiger partial charge in [0.05, 0.1) is 18.8 Å². The Labute approximate surface area is 145 Å². The molecule has 2 aromatic rings. The third-order valence-corrected chi connectivity index (χ3v) is 4.87. The number of amides is 1. The van der Waals surface area contributed by atoms with E-state index in [0.29, 0.717) is 13.2 Å². The number of carbonyl (C=O) groups is 1. The Balaban J connectivity index is 1.60. The van der Waals surface area contributed by atoms with Gasteiger partial charge in [-0.05, 0) is 30.2 Å². The minimum atomic E-state index is -0.726. The molecule has 1 aromatic heterocycles. The Morgan fingerprint density at radius 3 is 3.00 bits per heavy atom. The lowest BCUT2D eigenvalue weighted by Gasteiger charge is -2.26. The molecule has 0 spiro atoms. The van der Waals surface area contributed by atoms with Gasteiger partial charge in [0.2, 0.25) is 5.95 Å². The number of fused-ring (bicyclic) bond motifs is 1. The van der Waals surface area contributed by atoms with E-state index in [1.807, 2.05) is 18.2 Å². The van der Waals surface area contributed by atoms with Crippen LogP contribution in [0.4, 0.5) is 10.1 Å². The number of hydrogen-bond acceptors (Lipinski definition) is 4. The van der Waals surface area contributed by atoms with Crippen molar-refractivity contribution >= 4 is 11.6 Å². The molecular weight excluding hydrogens is 321 g/mol. The highest BCUT2D eigenvalue weighted by atomic mass is 19.1. The largest absolute Gasteiger partial charge is 0.379 e. The lowest BCUT2D eigenvalue weighted by molar-refractivity contribution is 0.0721. The summed E-state index contributed by atoms with van der Waals surface area (Å²) in [7, 11) is 0. The standard InChI is InChI=1S/C19H20FN3O2/c20-18-16(5-3-7-22-18)19(24)23-11-13(10-14-12-25-9-8-21-14)15-4-1-2-6-17(15)23/h1-7,13-14,21H,8-12H2. The van der Waals surface area contributed by atoms with Crippen molar-refractivity contribution in [3.8, 4) is 0 Å². The number of aromatic nitrogens is 1. The minimum absolute atomic E-state index is 0.0112. The molecule has 1 amide bonds. The van der Waals surface area contributed by atoms with E-state index in [1.54, 1.807) is 11.0 Å². The van der Waals surface area contributed by atoms with Crippen LogP contribution in [-0.4, -0.2) is 43.2 Å². The molecule has 1 fully saturated rings. The van der Waals surface area contributed by atoms with E-state index in [1.165, 1.54) is 12.3 Å². The number of para-hydroxylation sites is 1. The summed E-state index contributed by atoms with van der Waals surface area (Å²) in [5.74, 6) is -0.858. The van der Waals surface area contributed by atoms with E-state index in [0.717, 1.165) is 30.8 Å². The number of carbonyl (C=O) groups excluding carboxylic acids is 1. The number of halogens is 1. The van der Waals surface area contributed by atoms with E-state index in [-0.39, 0.29) is 23.4 Å². The summed E-state index contributed by atoms with van der Waals surface area (Å²) in [5, 5.41) is 3.46. The summed E-state index contributed by atoms with van der Waals surface area (Å²) in [6, 6.07) is 11.2. The number of anilines is 1. The molecule has 2 atom stereocenters. The maximum atomic E-state index is 14.0. The Bertz CT molecular complexity index is 777. The van der Waals surface area contributed by atoms with Crippen LogP contribution in [0.25, 0.3) is 0 Å². The van der Waals surface area contributed by atoms with Gasteiger partial charge in [-0.2, -0.15) is 4.39 Å². The maximum absolute atomic E-state index is 14.0. The van der Waals surface area contributed by atoms with Gasteiger partial charge >= 0.3 is 0 Å². The molecule has 0 saturated carbocycles. The minimum Gasteiger partial charge on any atom is -0.379 e. The van der Waals surface area contributed by atoms with Crippen LogP contribution in [0.2, 0.25) is 0 Å². The topological polar surface area (TPSA) is 54.5 Å². The Hall–Kier alpha value is -2.31. The smallest absolute Gasteiger partial charge is 0.262 e. The highest BCUT2D eigenvalue weighted by Crippen LogP contribution is 2.39. The van der Waals surface area contributed by atoms with Crippen LogP contribution in [-0.2, 0) is 4.74 Å². The molecule has 6 heteroatoms. The lowest BCUT2D eigenvalue weighted by atomic mass is 9.94. The summed E-state index contributed by atoms with van der Waals surface area (Å²) >= 11 is 0. The predicted molar refractivity (Wildman–Crippen MR) is 92.3 cm³/mol. The van der Waals surface area contributed by atoms with Crippen LogP contribution in [0.3, 0.4) is 0 Å². The molecule has 25 heavy (non-hydrogen) atoms. The maximum Gasteiger partial charge on any atom is 0.262 e. The van der Waals surface area contributed by atoms with Gasteiger partial charge < -0.3 is 15.0 Å². The van der Waals surface area contributed by atoms with Crippen molar-refractivity contribution in [1.29, 1.82) is 0 Å². The zero-order chi connectivity index (χ0) is 17.2. The van der Waals surface area contributed by atoms with Crippen molar-refractivity contribution in [2.24, 2.45) is 0 Å². The molecule has 1 N–H and O–H groups in total. The SMILES string of the molecule is O=C(c1cccnc1F)N1CC(CC2COCCN2)c2ccccc21. The van der Waals surface area contributed by atoms with Gasteiger partial charge in [0.1, 0.15) is 0 Å². The summed E-state index contributed by atoms with van der Waals surface area (Å²) in [6.45, 7) is 2.82. The van der Waals surface area contributed by atoms with Gasteiger partial charge in [0.25, 0.3) is 5.91 Å². The van der Waals surface area contributed by atoms with Crippen molar-refractivity contribution < 1.29 is 13.9 Å². The van der Waals surface area contributed by atoms with Gasteiger partial charge in [0, 0.05) is 36.9 Å². The van der Waals surface area contributed by atoms with Gasteiger partial charge in [-0.1, -0.05) is 18.2 Å². The molecule has 2 aliphatic heterocycles. The molecule has 1 saturated heterocycles. The van der Waals surface area contributed by atoms with Crippen molar-refractivity contribution in [1.82, 2.24) is 10.3 Å². The van der Waals surface area contributed by atoms with E-state index in [9.17, 15) is 9.18 Å². The van der Waals surface area contributed by atoms with E-state index in [4.69, 9.17) is 4.74 Å². The summed E-state index contributed by atoms with van der Waals surface area (Å²) in [6.07, 6.45) is 2.23. The third-order valence-electron chi connectivity index (χ3n) is 4.87. The van der Waals surface area contributed by atoms with Crippen molar-refractivity contribution in [3.63, 3.8) is 0 Å². The fraction of sp³-hybridized carbons (Fsp3) is 0.368. The van der Waals surface area contributed by atoms with Crippen molar-refractivity contribution in [3.05, 3.63) is 59.7 Å². The van der Waals surface area contributed by atoms with Crippen molar-refractivity contribution in [2.75, 3.05) is 31.2 Å². The van der Waals surface area contributed by atoms with E-state index >= 15 is 0 Å². The number of nitrogens with one attached hydrogen (secondary N) is 1. The van der Waals surface area contributed by atoms with E-state index in [2.05, 4.69) is 16.4 Å². The summed E-state index contributed by atoms with van der Waals surface area (Å²) in [4.78, 5) is 18.1. The second-order valence-corrected chi connectivity index (χ2v) is 6.47. The van der Waals surface area contributed by atoms with Crippen LogP contribution in [0.5, 0.6) is 0 Å². The summed E-state index contributed by atoms with van der Waals surface area (Å²) < 4.78 is 19.5. The monoisotopic (exact) mass is 341 g/mol. The predicted octanol–water partition coefficient (Wildman–Crippen LogP) is 2.34. The number of morpholine rings is 1. The molecule has 2 aliphatic rings. The van der Waals surface area contributed by atoms with Crippen LogP contribution >= 0.6 is 0 Å². The second-order valence-electron chi connectivity index (χ2n) is 6.47. The fourth-order valence-electron chi connectivity index (χ4n) is 3.69. The van der Waals surface area contributed by atoms with Crippen LogP contribution < -0.4 is 10.2 Å². The van der Waals surface area contributed by atoms with Crippen LogP contribution in [0, 0.1) is 5.95 Å². The quantitative estimate of drug-likeness (QED) is 0.871. The molecular formula is C19H20FN3O2. The number of benzene rings is 1. The molecule has 1 aromatic carbocycles. The Kier molecular flexibility index (Phi) is 4.46. The van der Waals surface area contributed by atoms with Crippen molar-refractivity contribution in [2.45, 2.75) is 18.4 Å². The van der Waals surface area contributed by atoms with Gasteiger partial charge in [0.15, 0.2) is 0 Å². The Morgan fingerprint density at radius 2 is 2.20 bits per heavy atom. The average molecular weight is 341 g/mol. The lowest BCUT2D eigenvalue weighted by Crippen LogP contribution is -2.42. The average Bonchev–Trinajstić information content (AvgIpc) is 3.01. The molecule has 0 aliphatic carbocycles. The van der Waals surface area contributed by atoms with Crippen LogP contribution in [0.15, 0.2) is 42.6 Å².